The van der Waals surface area contributed by atoms with Gasteiger partial charge in [-0.3, -0.25) is 4.79 Å². The Balaban J connectivity index is 1.78. The lowest BCUT2D eigenvalue weighted by molar-refractivity contribution is -0.139. The zero-order valence-electron chi connectivity index (χ0n) is 19.2. The van der Waals surface area contributed by atoms with Crippen molar-refractivity contribution in [3.63, 3.8) is 0 Å². The van der Waals surface area contributed by atoms with Crippen LogP contribution in [0.2, 0.25) is 0 Å². The third kappa shape index (κ3) is 4.38. The summed E-state index contributed by atoms with van der Waals surface area (Å²) >= 11 is 0. The molecular weight excluding hydrogens is 418 g/mol. The van der Waals surface area contributed by atoms with Gasteiger partial charge in [-0.05, 0) is 49.1 Å². The van der Waals surface area contributed by atoms with Crippen molar-refractivity contribution in [3.05, 3.63) is 82.2 Å². The van der Waals surface area contributed by atoms with Gasteiger partial charge in [-0.15, -0.1) is 0 Å². The van der Waals surface area contributed by atoms with E-state index in [4.69, 9.17) is 9.47 Å². The molecule has 2 aromatic rings. The number of carbonyl (C=O) groups excluding carboxylic acids is 2. The van der Waals surface area contributed by atoms with Crippen LogP contribution < -0.4 is 10.1 Å². The lowest BCUT2D eigenvalue weighted by Gasteiger charge is -2.37. The zero-order chi connectivity index (χ0) is 23.5. The van der Waals surface area contributed by atoms with Gasteiger partial charge in [-0.2, -0.15) is 0 Å². The Hall–Kier alpha value is -3.54. The van der Waals surface area contributed by atoms with E-state index in [1.165, 1.54) is 0 Å². The number of rotatable bonds is 6. The summed E-state index contributed by atoms with van der Waals surface area (Å²) in [4.78, 5) is 26.6. The fourth-order valence-electron chi connectivity index (χ4n) is 4.81. The molecule has 33 heavy (non-hydrogen) atoms. The van der Waals surface area contributed by atoms with Crippen LogP contribution in [0.1, 0.15) is 56.1 Å². The summed E-state index contributed by atoms with van der Waals surface area (Å²) in [5.74, 6) is -0.110. The molecule has 0 spiro atoms. The number of allylic oxidation sites excluding steroid dienone is 3. The quantitative estimate of drug-likeness (QED) is 0.624. The second-order valence-corrected chi connectivity index (χ2v) is 8.49. The van der Waals surface area contributed by atoms with Gasteiger partial charge in [-0.1, -0.05) is 37.3 Å². The number of hydrogen-bond acceptors (Lipinski definition) is 6. The van der Waals surface area contributed by atoms with Crippen molar-refractivity contribution >= 4 is 11.8 Å². The fraction of sp³-hybridized carbons (Fsp3) is 0.333. The van der Waals surface area contributed by atoms with Crippen LogP contribution in [0, 0.1) is 0 Å². The van der Waals surface area contributed by atoms with E-state index in [2.05, 4.69) is 5.32 Å². The highest BCUT2D eigenvalue weighted by Crippen LogP contribution is 2.47. The van der Waals surface area contributed by atoms with E-state index in [-0.39, 0.29) is 17.5 Å². The van der Waals surface area contributed by atoms with Gasteiger partial charge in [0.25, 0.3) is 0 Å². The summed E-state index contributed by atoms with van der Waals surface area (Å²) in [5, 5.41) is 13.1. The maximum Gasteiger partial charge on any atom is 0.336 e. The molecule has 172 valence electrons. The minimum atomic E-state index is -0.544. The Labute approximate surface area is 193 Å². The van der Waals surface area contributed by atoms with E-state index in [9.17, 15) is 14.7 Å². The minimum absolute atomic E-state index is 0.00831. The van der Waals surface area contributed by atoms with Crippen molar-refractivity contribution in [2.24, 2.45) is 0 Å². The first-order valence-corrected chi connectivity index (χ1v) is 11.3. The highest BCUT2D eigenvalue weighted by Gasteiger charge is 2.41. The number of ether oxygens (including phenoxy) is 2. The summed E-state index contributed by atoms with van der Waals surface area (Å²) in [5.41, 5.74) is 4.32. The third-order valence-corrected chi connectivity index (χ3v) is 6.29. The molecule has 0 bridgehead atoms. The molecule has 0 unspecified atom stereocenters. The van der Waals surface area contributed by atoms with Gasteiger partial charge >= 0.3 is 5.97 Å². The number of hydrogen-bond donors (Lipinski definition) is 2. The second-order valence-electron chi connectivity index (χ2n) is 8.49. The Morgan fingerprint density at radius 2 is 1.85 bits per heavy atom. The average Bonchev–Trinajstić information content (AvgIpc) is 2.82. The number of ketones is 1. The fourth-order valence-corrected chi connectivity index (χ4v) is 4.81. The Bertz CT molecular complexity index is 1130. The van der Waals surface area contributed by atoms with Gasteiger partial charge < -0.3 is 19.9 Å². The van der Waals surface area contributed by atoms with Crippen LogP contribution in [0.4, 0.5) is 0 Å². The molecule has 2 aliphatic rings. The number of benzene rings is 2. The van der Waals surface area contributed by atoms with Gasteiger partial charge in [0.2, 0.25) is 0 Å². The summed E-state index contributed by atoms with van der Waals surface area (Å²) < 4.78 is 11.0. The van der Waals surface area contributed by atoms with Gasteiger partial charge in [0.05, 0.1) is 19.3 Å². The summed E-state index contributed by atoms with van der Waals surface area (Å²) in [6.07, 6.45) is 1.67. The van der Waals surface area contributed by atoms with E-state index in [0.717, 1.165) is 22.6 Å². The number of nitrogens with one attached hydrogen (secondary N) is 1. The Morgan fingerprint density at radius 1 is 1.12 bits per heavy atom. The highest BCUT2D eigenvalue weighted by atomic mass is 16.5. The maximum absolute atomic E-state index is 13.6. The molecule has 1 aliphatic carbocycles. The smallest absolute Gasteiger partial charge is 0.336 e. The van der Waals surface area contributed by atoms with Gasteiger partial charge in [0, 0.05) is 35.2 Å². The van der Waals surface area contributed by atoms with Crippen LogP contribution in [0.15, 0.2) is 71.1 Å². The number of dihydropyridines is 1. The molecule has 6 heteroatoms. The first-order valence-electron chi connectivity index (χ1n) is 11.3. The molecule has 2 N–H and O–H groups in total. The Morgan fingerprint density at radius 3 is 2.55 bits per heavy atom. The first-order chi connectivity index (χ1) is 15.9. The van der Waals surface area contributed by atoms with Crippen molar-refractivity contribution in [2.45, 2.75) is 44.9 Å². The van der Waals surface area contributed by atoms with Crippen molar-refractivity contribution in [3.8, 4) is 11.5 Å². The molecule has 2 atom stereocenters. The SMILES string of the molecule is CCCOC(=O)C1=C(C)NC2=C(C(=O)C[C@@H](c3ccccc3OC)C2)[C@H]1c1ccc(O)cc1. The summed E-state index contributed by atoms with van der Waals surface area (Å²) in [7, 11) is 1.63. The number of carbonyl (C=O) groups is 2. The number of para-hydroxylation sites is 1. The van der Waals surface area contributed by atoms with Crippen LogP contribution in [0.5, 0.6) is 11.5 Å². The molecule has 0 radical (unpaired) electrons. The zero-order valence-corrected chi connectivity index (χ0v) is 19.2. The van der Waals surface area contributed by atoms with Gasteiger partial charge in [-0.25, -0.2) is 4.79 Å². The molecule has 2 aromatic carbocycles. The monoisotopic (exact) mass is 447 g/mol. The van der Waals surface area contributed by atoms with E-state index < -0.39 is 11.9 Å². The van der Waals surface area contributed by atoms with E-state index in [1.807, 2.05) is 38.1 Å². The molecule has 1 heterocycles. The van der Waals surface area contributed by atoms with Gasteiger partial charge in [0.1, 0.15) is 11.5 Å². The molecule has 1 aliphatic heterocycles. The molecular formula is C27H29NO5. The van der Waals surface area contributed by atoms with E-state index in [1.54, 1.807) is 31.4 Å². The lowest BCUT2D eigenvalue weighted by Crippen LogP contribution is -2.36. The van der Waals surface area contributed by atoms with Gasteiger partial charge in [0.15, 0.2) is 5.78 Å². The molecule has 0 aromatic heterocycles. The van der Waals surface area contributed by atoms with Crippen molar-refractivity contribution < 1.29 is 24.2 Å². The topological polar surface area (TPSA) is 84.9 Å². The average molecular weight is 448 g/mol. The largest absolute Gasteiger partial charge is 0.508 e. The predicted molar refractivity (Wildman–Crippen MR) is 125 cm³/mol. The normalized spacial score (nSPS) is 20.3. The van der Waals surface area contributed by atoms with Crippen molar-refractivity contribution in [2.75, 3.05) is 13.7 Å². The highest BCUT2D eigenvalue weighted by molar-refractivity contribution is 6.04. The predicted octanol–water partition coefficient (Wildman–Crippen LogP) is 4.72. The summed E-state index contributed by atoms with van der Waals surface area (Å²) in [6, 6.07) is 14.4. The first kappa shape index (κ1) is 22.6. The summed E-state index contributed by atoms with van der Waals surface area (Å²) in [6.45, 7) is 4.10. The van der Waals surface area contributed by atoms with Crippen LogP contribution in [-0.4, -0.2) is 30.6 Å². The number of aromatic hydroxyl groups is 1. The van der Waals surface area contributed by atoms with E-state index >= 15 is 0 Å². The molecule has 6 nitrogen and oxygen atoms in total. The standard InChI is InChI=1S/C27H29NO5/c1-4-13-33-27(31)24-16(2)28-21-14-18(20-7-5-6-8-23(20)32-3)15-22(30)26(21)25(24)17-9-11-19(29)12-10-17/h5-12,18,25,28-29H,4,13-15H2,1-3H3/t18-,25-/m0/s1. The second kappa shape index (κ2) is 9.53. The number of Topliss-reactive ketones (excluding diaryl/α,β-unsaturated/α-hetero) is 1. The third-order valence-electron chi connectivity index (χ3n) is 6.29. The number of phenols is 1. The minimum Gasteiger partial charge on any atom is -0.508 e. The lowest BCUT2D eigenvalue weighted by atomic mass is 9.71. The Kier molecular flexibility index (Phi) is 6.54. The molecule has 0 fully saturated rings. The molecule has 0 saturated carbocycles. The van der Waals surface area contributed by atoms with Crippen LogP contribution in [0.25, 0.3) is 0 Å². The molecule has 4 rings (SSSR count). The van der Waals surface area contributed by atoms with Crippen molar-refractivity contribution in [1.29, 1.82) is 0 Å². The van der Waals surface area contributed by atoms with Crippen LogP contribution in [-0.2, 0) is 14.3 Å². The van der Waals surface area contributed by atoms with Crippen LogP contribution in [0.3, 0.4) is 0 Å². The van der Waals surface area contributed by atoms with Crippen molar-refractivity contribution in [1.82, 2.24) is 5.32 Å². The number of methoxy groups -OCH3 is 1. The van der Waals surface area contributed by atoms with Crippen LogP contribution >= 0.6 is 0 Å². The maximum atomic E-state index is 13.6. The molecule has 0 saturated heterocycles. The number of esters is 1. The van der Waals surface area contributed by atoms with E-state index in [0.29, 0.717) is 42.7 Å². The number of phenolic OH excluding ortho intramolecular Hbond substituents is 1. The molecule has 0 amide bonds.